The molecular formula is C15H22N4O2. The lowest BCUT2D eigenvalue weighted by molar-refractivity contribution is 0.151. The highest BCUT2D eigenvalue weighted by Crippen LogP contribution is 2.34. The Labute approximate surface area is 124 Å². The van der Waals surface area contributed by atoms with Crippen LogP contribution in [0.2, 0.25) is 0 Å². The monoisotopic (exact) mass is 290 g/mol. The third kappa shape index (κ3) is 2.95. The van der Waals surface area contributed by atoms with Gasteiger partial charge < -0.3 is 15.0 Å². The van der Waals surface area contributed by atoms with Crippen molar-refractivity contribution in [3.63, 3.8) is 0 Å². The predicted molar refractivity (Wildman–Crippen MR) is 80.5 cm³/mol. The molecule has 6 heteroatoms. The molecule has 2 saturated heterocycles. The van der Waals surface area contributed by atoms with Gasteiger partial charge in [-0.3, -0.25) is 5.32 Å². The fraction of sp³-hybridized carbons (Fsp3) is 0.600. The minimum atomic E-state index is -0.207. The second kappa shape index (κ2) is 5.89. The number of ether oxygens (including phenoxy) is 1. The Morgan fingerprint density at radius 1 is 1.38 bits per heavy atom. The summed E-state index contributed by atoms with van der Waals surface area (Å²) >= 11 is 0. The van der Waals surface area contributed by atoms with Crippen LogP contribution in [0.5, 0.6) is 5.75 Å². The zero-order chi connectivity index (χ0) is 14.8. The number of piperidine rings is 1. The smallest absolute Gasteiger partial charge is 0.320 e. The predicted octanol–water partition coefficient (Wildman–Crippen LogP) is 1.84. The molecule has 0 aromatic carbocycles. The van der Waals surface area contributed by atoms with Crippen molar-refractivity contribution in [2.75, 3.05) is 19.5 Å². The number of fused-ring (bicyclic) bond motifs is 2. The molecule has 2 aliphatic heterocycles. The zero-order valence-electron chi connectivity index (χ0n) is 12.5. The number of hydrogen-bond acceptors (Lipinski definition) is 4. The van der Waals surface area contributed by atoms with Gasteiger partial charge in [0.25, 0.3) is 0 Å². The van der Waals surface area contributed by atoms with Crippen LogP contribution in [-0.2, 0) is 0 Å². The number of amides is 2. The molecule has 3 heterocycles. The fourth-order valence-corrected chi connectivity index (χ4v) is 3.51. The van der Waals surface area contributed by atoms with Crippen molar-refractivity contribution >= 4 is 11.8 Å². The van der Waals surface area contributed by atoms with E-state index >= 15 is 0 Å². The summed E-state index contributed by atoms with van der Waals surface area (Å²) in [6, 6.07) is 4.81. The maximum atomic E-state index is 12.1. The topological polar surface area (TPSA) is 66.5 Å². The van der Waals surface area contributed by atoms with Crippen molar-refractivity contribution in [1.29, 1.82) is 0 Å². The third-order valence-corrected chi connectivity index (χ3v) is 4.66. The van der Waals surface area contributed by atoms with Gasteiger partial charge in [0, 0.05) is 24.3 Å². The summed E-state index contributed by atoms with van der Waals surface area (Å²) in [6.07, 6.45) is 6.18. The molecule has 2 atom stereocenters. The molecule has 0 spiro atoms. The molecule has 1 aromatic heterocycles. The van der Waals surface area contributed by atoms with Gasteiger partial charge in [-0.1, -0.05) is 0 Å². The van der Waals surface area contributed by atoms with Gasteiger partial charge in [-0.25, -0.2) is 9.78 Å². The number of hydrogen-bond donors (Lipinski definition) is 2. The highest BCUT2D eigenvalue weighted by molar-refractivity contribution is 5.89. The first-order valence-electron chi connectivity index (χ1n) is 7.46. The molecule has 2 aliphatic rings. The Bertz CT molecular complexity index is 508. The normalized spacial score (nSPS) is 28.2. The van der Waals surface area contributed by atoms with Gasteiger partial charge in [-0.2, -0.15) is 0 Å². The maximum absolute atomic E-state index is 12.1. The van der Waals surface area contributed by atoms with Gasteiger partial charge in [-0.15, -0.1) is 0 Å². The van der Waals surface area contributed by atoms with E-state index in [4.69, 9.17) is 4.74 Å². The first-order valence-corrected chi connectivity index (χ1v) is 7.46. The quantitative estimate of drug-likeness (QED) is 0.891. The number of carbonyl (C=O) groups excluding carboxylic acids is 1. The van der Waals surface area contributed by atoms with Gasteiger partial charge in [0.15, 0.2) is 11.6 Å². The summed E-state index contributed by atoms with van der Waals surface area (Å²) in [5, 5.41) is 5.84. The maximum Gasteiger partial charge on any atom is 0.320 e. The SMILES string of the molecule is COc1cccnc1NC(=O)NC1CC2CCC(C1)N2C. The minimum Gasteiger partial charge on any atom is -0.493 e. The summed E-state index contributed by atoms with van der Waals surface area (Å²) in [6.45, 7) is 0. The number of nitrogens with one attached hydrogen (secondary N) is 2. The molecule has 2 N–H and O–H groups in total. The molecule has 0 radical (unpaired) electrons. The zero-order valence-corrected chi connectivity index (χ0v) is 12.5. The van der Waals surface area contributed by atoms with Crippen LogP contribution in [0.4, 0.5) is 10.6 Å². The largest absolute Gasteiger partial charge is 0.493 e. The standard InChI is InChI=1S/C15H22N4O2/c1-19-11-5-6-12(19)9-10(8-11)17-15(20)18-14-13(21-2)4-3-7-16-14/h3-4,7,10-12H,5-6,8-9H2,1-2H3,(H2,16,17,18,20). The first kappa shape index (κ1) is 14.1. The van der Waals surface area contributed by atoms with Crippen LogP contribution in [0, 0.1) is 0 Å². The van der Waals surface area contributed by atoms with Gasteiger partial charge in [0.1, 0.15) is 0 Å². The number of pyridine rings is 1. The van der Waals surface area contributed by atoms with E-state index < -0.39 is 0 Å². The number of carbonyl (C=O) groups is 1. The van der Waals surface area contributed by atoms with Crippen LogP contribution in [-0.4, -0.2) is 48.2 Å². The Morgan fingerprint density at radius 2 is 2.10 bits per heavy atom. The Kier molecular flexibility index (Phi) is 3.96. The van der Waals surface area contributed by atoms with E-state index in [1.165, 1.54) is 12.8 Å². The molecule has 3 rings (SSSR count). The van der Waals surface area contributed by atoms with Crippen LogP contribution in [0.1, 0.15) is 25.7 Å². The van der Waals surface area contributed by atoms with Crippen LogP contribution in [0.25, 0.3) is 0 Å². The number of methoxy groups -OCH3 is 1. The van der Waals surface area contributed by atoms with Crippen molar-refractivity contribution in [3.8, 4) is 5.75 Å². The van der Waals surface area contributed by atoms with E-state index in [0.29, 0.717) is 23.7 Å². The van der Waals surface area contributed by atoms with E-state index in [1.807, 2.05) is 0 Å². The fourth-order valence-electron chi connectivity index (χ4n) is 3.51. The molecule has 0 saturated carbocycles. The van der Waals surface area contributed by atoms with Gasteiger partial charge >= 0.3 is 6.03 Å². The Morgan fingerprint density at radius 3 is 2.76 bits per heavy atom. The van der Waals surface area contributed by atoms with E-state index in [2.05, 4.69) is 27.6 Å². The molecule has 114 valence electrons. The van der Waals surface area contributed by atoms with Gasteiger partial charge in [0.05, 0.1) is 7.11 Å². The molecule has 2 unspecified atom stereocenters. The molecule has 2 amide bonds. The molecule has 6 nitrogen and oxygen atoms in total. The highest BCUT2D eigenvalue weighted by Gasteiger charge is 2.38. The first-order chi connectivity index (χ1) is 10.2. The summed E-state index contributed by atoms with van der Waals surface area (Å²) in [4.78, 5) is 18.7. The van der Waals surface area contributed by atoms with E-state index in [-0.39, 0.29) is 12.1 Å². The van der Waals surface area contributed by atoms with Crippen LogP contribution >= 0.6 is 0 Å². The molecule has 0 aliphatic carbocycles. The lowest BCUT2D eigenvalue weighted by Crippen LogP contribution is -2.49. The summed E-state index contributed by atoms with van der Waals surface area (Å²) < 4.78 is 5.18. The van der Waals surface area contributed by atoms with E-state index in [9.17, 15) is 4.79 Å². The average molecular weight is 290 g/mol. The lowest BCUT2D eigenvalue weighted by atomic mass is 9.98. The van der Waals surface area contributed by atoms with Crippen molar-refractivity contribution < 1.29 is 9.53 Å². The Balaban J connectivity index is 1.57. The number of nitrogens with zero attached hydrogens (tertiary/aromatic N) is 2. The van der Waals surface area contributed by atoms with Gasteiger partial charge in [0.2, 0.25) is 0 Å². The van der Waals surface area contributed by atoms with Crippen molar-refractivity contribution in [2.45, 2.75) is 43.8 Å². The van der Waals surface area contributed by atoms with Gasteiger partial charge in [-0.05, 0) is 44.9 Å². The van der Waals surface area contributed by atoms with E-state index in [0.717, 1.165) is 12.8 Å². The average Bonchev–Trinajstić information content (AvgIpc) is 2.70. The van der Waals surface area contributed by atoms with Crippen LogP contribution in [0.3, 0.4) is 0 Å². The summed E-state index contributed by atoms with van der Waals surface area (Å²) in [5.41, 5.74) is 0. The summed E-state index contributed by atoms with van der Waals surface area (Å²) in [7, 11) is 3.76. The number of rotatable bonds is 3. The van der Waals surface area contributed by atoms with Crippen molar-refractivity contribution in [3.05, 3.63) is 18.3 Å². The van der Waals surface area contributed by atoms with Crippen molar-refractivity contribution in [2.24, 2.45) is 0 Å². The van der Waals surface area contributed by atoms with Crippen molar-refractivity contribution in [1.82, 2.24) is 15.2 Å². The number of aromatic nitrogens is 1. The van der Waals surface area contributed by atoms with E-state index in [1.54, 1.807) is 25.4 Å². The summed E-state index contributed by atoms with van der Waals surface area (Å²) in [5.74, 6) is 1.02. The van der Waals surface area contributed by atoms with Crippen LogP contribution < -0.4 is 15.4 Å². The third-order valence-electron chi connectivity index (χ3n) is 4.66. The second-order valence-corrected chi connectivity index (χ2v) is 5.87. The van der Waals surface area contributed by atoms with Crippen LogP contribution in [0.15, 0.2) is 18.3 Å². The Hall–Kier alpha value is -1.82. The minimum absolute atomic E-state index is 0.207. The second-order valence-electron chi connectivity index (χ2n) is 5.87. The molecule has 2 bridgehead atoms. The molecule has 2 fully saturated rings. The lowest BCUT2D eigenvalue weighted by Gasteiger charge is -2.36. The number of anilines is 1. The molecule has 21 heavy (non-hydrogen) atoms. The number of urea groups is 1. The molecule has 1 aromatic rings. The highest BCUT2D eigenvalue weighted by atomic mass is 16.5. The molecular weight excluding hydrogens is 268 g/mol.